The van der Waals surface area contributed by atoms with Gasteiger partial charge in [0.2, 0.25) is 5.91 Å². The molecule has 0 saturated carbocycles. The predicted octanol–water partition coefficient (Wildman–Crippen LogP) is -0.166. The molecular formula is C14H28N4O. The molecule has 5 heteroatoms. The second kappa shape index (κ2) is 7.22. The Bertz CT molecular complexity index is 289. The molecule has 0 bridgehead atoms. The number of hydrogen-bond acceptors (Lipinski definition) is 4. The first kappa shape index (κ1) is 14.8. The van der Waals surface area contributed by atoms with Gasteiger partial charge < -0.3 is 20.0 Å². The predicted molar refractivity (Wildman–Crippen MR) is 77.2 cm³/mol. The average Bonchev–Trinajstić information content (AvgIpc) is 2.46. The minimum absolute atomic E-state index is 0.326. The number of nitrogens with zero attached hydrogens (tertiary/aromatic N) is 3. The fourth-order valence-electron chi connectivity index (χ4n) is 2.94. The largest absolute Gasteiger partial charge is 0.337 e. The number of carbonyl (C=O) groups excluding carboxylic acids is 1. The Labute approximate surface area is 116 Å². The molecule has 19 heavy (non-hydrogen) atoms. The molecule has 110 valence electrons. The van der Waals surface area contributed by atoms with Crippen LogP contribution in [0.15, 0.2) is 0 Å². The van der Waals surface area contributed by atoms with Crippen LogP contribution in [0.1, 0.15) is 20.3 Å². The van der Waals surface area contributed by atoms with Crippen LogP contribution in [0, 0.1) is 0 Å². The summed E-state index contributed by atoms with van der Waals surface area (Å²) in [6, 6.07) is 0.346. The molecule has 2 rings (SSSR count). The molecule has 1 amide bonds. The molecule has 2 aliphatic rings. The summed E-state index contributed by atoms with van der Waals surface area (Å²) in [4.78, 5) is 19.2. The topological polar surface area (TPSA) is 38.8 Å². The van der Waals surface area contributed by atoms with Gasteiger partial charge in [0.05, 0.1) is 0 Å². The molecule has 0 radical (unpaired) electrons. The van der Waals surface area contributed by atoms with E-state index in [1.165, 1.54) is 0 Å². The molecule has 0 aromatic carbocycles. The normalized spacial score (nSPS) is 26.6. The summed E-state index contributed by atoms with van der Waals surface area (Å²) in [6.45, 7) is 13.7. The van der Waals surface area contributed by atoms with Crippen LogP contribution in [-0.2, 0) is 4.79 Å². The Morgan fingerprint density at radius 3 is 2.47 bits per heavy atom. The molecule has 5 nitrogen and oxygen atoms in total. The molecule has 0 aromatic heterocycles. The highest BCUT2D eigenvalue weighted by Gasteiger charge is 2.23. The highest BCUT2D eigenvalue weighted by molar-refractivity contribution is 5.76. The summed E-state index contributed by atoms with van der Waals surface area (Å²) in [7, 11) is 0. The van der Waals surface area contributed by atoms with Crippen molar-refractivity contribution in [2.45, 2.75) is 26.3 Å². The third-order valence-corrected chi connectivity index (χ3v) is 4.38. The highest BCUT2D eigenvalue weighted by atomic mass is 16.2. The van der Waals surface area contributed by atoms with Gasteiger partial charge in [-0.25, -0.2) is 0 Å². The minimum atomic E-state index is 0.326. The Morgan fingerprint density at radius 2 is 1.84 bits per heavy atom. The van der Waals surface area contributed by atoms with E-state index in [0.29, 0.717) is 18.4 Å². The zero-order chi connectivity index (χ0) is 13.7. The average molecular weight is 268 g/mol. The smallest absolute Gasteiger partial charge is 0.224 e. The van der Waals surface area contributed by atoms with E-state index in [9.17, 15) is 4.79 Å². The van der Waals surface area contributed by atoms with Gasteiger partial charge >= 0.3 is 0 Å². The molecule has 2 saturated heterocycles. The van der Waals surface area contributed by atoms with Crippen molar-refractivity contribution in [2.24, 2.45) is 0 Å². The highest BCUT2D eigenvalue weighted by Crippen LogP contribution is 2.07. The molecule has 2 fully saturated rings. The van der Waals surface area contributed by atoms with Crippen LogP contribution in [0.25, 0.3) is 0 Å². The van der Waals surface area contributed by atoms with Crippen LogP contribution >= 0.6 is 0 Å². The van der Waals surface area contributed by atoms with Crippen LogP contribution < -0.4 is 5.32 Å². The van der Waals surface area contributed by atoms with Crippen molar-refractivity contribution in [1.82, 2.24) is 20.0 Å². The van der Waals surface area contributed by atoms with Crippen LogP contribution in [0.2, 0.25) is 0 Å². The van der Waals surface area contributed by atoms with E-state index in [-0.39, 0.29) is 0 Å². The van der Waals surface area contributed by atoms with Gasteiger partial charge in [0.1, 0.15) is 0 Å². The van der Waals surface area contributed by atoms with Crippen molar-refractivity contribution >= 4 is 5.91 Å². The van der Waals surface area contributed by atoms with Crippen LogP contribution in [0.5, 0.6) is 0 Å². The van der Waals surface area contributed by atoms with Crippen LogP contribution in [0.3, 0.4) is 0 Å². The van der Waals surface area contributed by atoms with E-state index in [1.807, 2.05) is 4.90 Å². The molecule has 0 aliphatic carbocycles. The molecule has 2 aliphatic heterocycles. The van der Waals surface area contributed by atoms with Gasteiger partial charge in [-0.3, -0.25) is 4.79 Å². The van der Waals surface area contributed by atoms with Gasteiger partial charge in [0.25, 0.3) is 0 Å². The first-order valence-electron chi connectivity index (χ1n) is 7.65. The third-order valence-electron chi connectivity index (χ3n) is 4.38. The summed E-state index contributed by atoms with van der Waals surface area (Å²) in [5, 5.41) is 3.33. The lowest BCUT2D eigenvalue weighted by Gasteiger charge is -2.36. The van der Waals surface area contributed by atoms with E-state index in [0.717, 1.165) is 58.9 Å². The summed E-state index contributed by atoms with van der Waals surface area (Å²) >= 11 is 0. The van der Waals surface area contributed by atoms with Gasteiger partial charge in [-0.1, -0.05) is 6.92 Å². The molecule has 1 atom stereocenters. The fraction of sp³-hybridized carbons (Fsp3) is 0.929. The van der Waals surface area contributed by atoms with E-state index >= 15 is 0 Å². The van der Waals surface area contributed by atoms with Crippen molar-refractivity contribution in [2.75, 3.05) is 58.9 Å². The Hall–Kier alpha value is -0.650. The molecule has 0 unspecified atom stereocenters. The Kier molecular flexibility index (Phi) is 5.60. The maximum absolute atomic E-state index is 12.2. The number of hydrogen-bond donors (Lipinski definition) is 1. The summed E-state index contributed by atoms with van der Waals surface area (Å²) in [6.07, 6.45) is 0.677. The van der Waals surface area contributed by atoms with Gasteiger partial charge in [-0.15, -0.1) is 0 Å². The van der Waals surface area contributed by atoms with E-state index in [4.69, 9.17) is 0 Å². The van der Waals surface area contributed by atoms with Gasteiger partial charge in [-0.05, 0) is 13.5 Å². The molecular weight excluding hydrogens is 240 g/mol. The maximum atomic E-state index is 12.2. The zero-order valence-corrected chi connectivity index (χ0v) is 12.4. The Balaban J connectivity index is 1.69. The monoisotopic (exact) mass is 268 g/mol. The number of likely N-dealkylation sites (N-methyl/N-ethyl adjacent to an activating group) is 1. The van der Waals surface area contributed by atoms with Crippen molar-refractivity contribution in [3.8, 4) is 0 Å². The van der Waals surface area contributed by atoms with Crippen LogP contribution in [0.4, 0.5) is 0 Å². The lowest BCUT2D eigenvalue weighted by molar-refractivity contribution is -0.134. The van der Waals surface area contributed by atoms with Gasteiger partial charge in [-0.2, -0.15) is 0 Å². The first-order valence-corrected chi connectivity index (χ1v) is 7.65. The standard InChI is InChI=1S/C14H28N4O/c1-3-16-8-10-17(11-9-16)6-4-14(19)18-7-5-15-12-13(18)2/h13,15H,3-12H2,1-2H3/t13-/m1/s1. The lowest BCUT2D eigenvalue weighted by Crippen LogP contribution is -2.53. The fourth-order valence-corrected chi connectivity index (χ4v) is 2.94. The van der Waals surface area contributed by atoms with Crippen LogP contribution in [-0.4, -0.2) is 85.6 Å². The summed E-state index contributed by atoms with van der Waals surface area (Å²) < 4.78 is 0. The van der Waals surface area contributed by atoms with Gasteiger partial charge in [0, 0.05) is 64.8 Å². The SMILES string of the molecule is CCN1CCN(CCC(=O)N2CCNC[C@H]2C)CC1. The second-order valence-corrected chi connectivity index (χ2v) is 5.67. The van der Waals surface area contributed by atoms with E-state index in [2.05, 4.69) is 29.0 Å². The first-order chi connectivity index (χ1) is 9.20. The number of carbonyl (C=O) groups is 1. The summed E-state index contributed by atoms with van der Waals surface area (Å²) in [5.74, 6) is 0.326. The van der Waals surface area contributed by atoms with Crippen molar-refractivity contribution in [3.05, 3.63) is 0 Å². The van der Waals surface area contributed by atoms with E-state index < -0.39 is 0 Å². The molecule has 0 spiro atoms. The zero-order valence-electron chi connectivity index (χ0n) is 12.4. The lowest BCUT2D eigenvalue weighted by atomic mass is 10.2. The van der Waals surface area contributed by atoms with Crippen molar-refractivity contribution < 1.29 is 4.79 Å². The number of piperazine rings is 2. The molecule has 0 aromatic rings. The van der Waals surface area contributed by atoms with Crippen molar-refractivity contribution in [1.29, 1.82) is 0 Å². The number of rotatable bonds is 4. The van der Waals surface area contributed by atoms with Gasteiger partial charge in [0.15, 0.2) is 0 Å². The minimum Gasteiger partial charge on any atom is -0.337 e. The maximum Gasteiger partial charge on any atom is 0.224 e. The third kappa shape index (κ3) is 4.16. The molecule has 1 N–H and O–H groups in total. The number of amides is 1. The quantitative estimate of drug-likeness (QED) is 0.769. The van der Waals surface area contributed by atoms with E-state index in [1.54, 1.807) is 0 Å². The second-order valence-electron chi connectivity index (χ2n) is 5.67. The van der Waals surface area contributed by atoms with Crippen molar-refractivity contribution in [3.63, 3.8) is 0 Å². The Morgan fingerprint density at radius 1 is 1.16 bits per heavy atom. The summed E-state index contributed by atoms with van der Waals surface area (Å²) in [5.41, 5.74) is 0. The number of nitrogens with one attached hydrogen (secondary N) is 1. The molecule has 2 heterocycles.